The fourth-order valence-electron chi connectivity index (χ4n) is 3.37. The van der Waals surface area contributed by atoms with Gasteiger partial charge in [0.1, 0.15) is 15.6 Å². The number of carbonyl (C=O) groups excluding carboxylic acids is 1. The van der Waals surface area contributed by atoms with Gasteiger partial charge in [-0.3, -0.25) is 4.79 Å². The molecule has 1 fully saturated rings. The molecule has 0 radical (unpaired) electrons. The predicted molar refractivity (Wildman–Crippen MR) is 102 cm³/mol. The highest BCUT2D eigenvalue weighted by Gasteiger charge is 2.23. The van der Waals surface area contributed by atoms with Crippen molar-refractivity contribution in [2.75, 3.05) is 0 Å². The summed E-state index contributed by atoms with van der Waals surface area (Å²) in [5.74, 6) is -0.0220. The zero-order valence-electron chi connectivity index (χ0n) is 14.9. The number of aromatic nitrogens is 4. The maximum Gasteiger partial charge on any atom is 0.263 e. The predicted octanol–water partition coefficient (Wildman–Crippen LogP) is 3.68. The van der Waals surface area contributed by atoms with Crippen LogP contribution >= 0.6 is 11.3 Å². The number of benzene rings is 1. The summed E-state index contributed by atoms with van der Waals surface area (Å²) < 4.78 is 1.80. The standard InChI is InChI=1S/C19H21N5OS/c1-12-17(18(25)21-14-8-6-7-9-14)26-19(20-12)16-13(2)24(23-22-16)15-10-4-3-5-11-15/h3-5,10-11,14H,6-9H2,1-2H3,(H,21,25). The summed E-state index contributed by atoms with van der Waals surface area (Å²) in [6, 6.07) is 10.2. The van der Waals surface area contributed by atoms with E-state index in [0.29, 0.717) is 10.9 Å². The van der Waals surface area contributed by atoms with Crippen LogP contribution in [0.25, 0.3) is 16.4 Å². The van der Waals surface area contributed by atoms with Gasteiger partial charge in [0, 0.05) is 6.04 Å². The summed E-state index contributed by atoms with van der Waals surface area (Å²) in [5.41, 5.74) is 3.33. The first-order valence-electron chi connectivity index (χ1n) is 8.90. The van der Waals surface area contributed by atoms with Crippen molar-refractivity contribution >= 4 is 17.2 Å². The molecule has 0 atom stereocenters. The Balaban J connectivity index is 1.61. The van der Waals surface area contributed by atoms with Crippen molar-refractivity contribution in [3.63, 3.8) is 0 Å². The van der Waals surface area contributed by atoms with Crippen LogP contribution in [-0.4, -0.2) is 31.9 Å². The number of thiazole rings is 1. The van der Waals surface area contributed by atoms with Gasteiger partial charge in [-0.1, -0.05) is 36.3 Å². The van der Waals surface area contributed by atoms with Crippen LogP contribution < -0.4 is 5.32 Å². The molecule has 4 rings (SSSR count). The highest BCUT2D eigenvalue weighted by atomic mass is 32.1. The number of rotatable bonds is 4. The number of carbonyl (C=O) groups is 1. The number of nitrogens with one attached hydrogen (secondary N) is 1. The van der Waals surface area contributed by atoms with Gasteiger partial charge in [0.15, 0.2) is 0 Å². The molecular formula is C19H21N5OS. The summed E-state index contributed by atoms with van der Waals surface area (Å²) >= 11 is 1.39. The summed E-state index contributed by atoms with van der Waals surface area (Å²) in [6.45, 7) is 3.85. The van der Waals surface area contributed by atoms with E-state index in [2.05, 4.69) is 20.6 Å². The van der Waals surface area contributed by atoms with Crippen LogP contribution in [0.1, 0.15) is 46.7 Å². The number of aryl methyl sites for hydroxylation is 1. The number of para-hydroxylation sites is 1. The van der Waals surface area contributed by atoms with E-state index in [-0.39, 0.29) is 5.91 Å². The lowest BCUT2D eigenvalue weighted by Gasteiger charge is -2.10. The number of hydrogen-bond donors (Lipinski definition) is 1. The molecular weight excluding hydrogens is 346 g/mol. The van der Waals surface area contributed by atoms with E-state index in [4.69, 9.17) is 0 Å². The summed E-state index contributed by atoms with van der Waals surface area (Å²) in [4.78, 5) is 17.8. The van der Waals surface area contributed by atoms with Gasteiger partial charge in [0.05, 0.1) is 17.1 Å². The third-order valence-electron chi connectivity index (χ3n) is 4.79. The fraction of sp³-hybridized carbons (Fsp3) is 0.368. The molecule has 1 saturated carbocycles. The second-order valence-corrected chi connectivity index (χ2v) is 7.66. The second kappa shape index (κ2) is 6.99. The number of hydrogen-bond acceptors (Lipinski definition) is 5. The van der Waals surface area contributed by atoms with Gasteiger partial charge in [-0.2, -0.15) is 0 Å². The fourth-order valence-corrected chi connectivity index (χ4v) is 4.38. The lowest BCUT2D eigenvalue weighted by atomic mass is 10.2. The minimum atomic E-state index is -0.0220. The maximum absolute atomic E-state index is 12.6. The lowest BCUT2D eigenvalue weighted by Crippen LogP contribution is -2.32. The molecule has 6 nitrogen and oxygen atoms in total. The van der Waals surface area contributed by atoms with Crippen molar-refractivity contribution in [2.24, 2.45) is 0 Å². The molecule has 3 aromatic rings. The Morgan fingerprint density at radius 2 is 1.92 bits per heavy atom. The average molecular weight is 367 g/mol. The van der Waals surface area contributed by atoms with Gasteiger partial charge < -0.3 is 5.32 Å². The van der Waals surface area contributed by atoms with Crippen molar-refractivity contribution in [1.82, 2.24) is 25.3 Å². The maximum atomic E-state index is 12.6. The van der Waals surface area contributed by atoms with Crippen LogP contribution in [0.15, 0.2) is 30.3 Å². The van der Waals surface area contributed by atoms with Crippen LogP contribution in [0.2, 0.25) is 0 Å². The molecule has 1 aromatic carbocycles. The zero-order chi connectivity index (χ0) is 18.1. The molecule has 1 aliphatic carbocycles. The van der Waals surface area contributed by atoms with Crippen molar-refractivity contribution in [1.29, 1.82) is 0 Å². The van der Waals surface area contributed by atoms with Crippen LogP contribution in [0, 0.1) is 13.8 Å². The highest BCUT2D eigenvalue weighted by Crippen LogP contribution is 2.30. The Morgan fingerprint density at radius 3 is 2.65 bits per heavy atom. The number of amides is 1. The van der Waals surface area contributed by atoms with Gasteiger partial charge in [-0.15, -0.1) is 16.4 Å². The first kappa shape index (κ1) is 16.9. The Morgan fingerprint density at radius 1 is 1.19 bits per heavy atom. The molecule has 7 heteroatoms. The molecule has 2 heterocycles. The van der Waals surface area contributed by atoms with Crippen molar-refractivity contribution in [3.8, 4) is 16.4 Å². The highest BCUT2D eigenvalue weighted by molar-refractivity contribution is 7.17. The van der Waals surface area contributed by atoms with Gasteiger partial charge in [0.2, 0.25) is 0 Å². The molecule has 0 aliphatic heterocycles. The van der Waals surface area contributed by atoms with Gasteiger partial charge in [0.25, 0.3) is 5.91 Å². The van der Waals surface area contributed by atoms with Crippen molar-refractivity contribution < 1.29 is 4.79 Å². The van der Waals surface area contributed by atoms with E-state index in [9.17, 15) is 4.79 Å². The molecule has 134 valence electrons. The summed E-state index contributed by atoms with van der Waals surface area (Å²) in [5, 5.41) is 12.4. The first-order valence-corrected chi connectivity index (χ1v) is 9.71. The van der Waals surface area contributed by atoms with Gasteiger partial charge >= 0.3 is 0 Å². The minimum absolute atomic E-state index is 0.0220. The quantitative estimate of drug-likeness (QED) is 0.763. The first-order chi connectivity index (χ1) is 12.6. The minimum Gasteiger partial charge on any atom is -0.349 e. The molecule has 0 saturated heterocycles. The third kappa shape index (κ3) is 3.14. The Hall–Kier alpha value is -2.54. The SMILES string of the molecule is Cc1nc(-c2nnn(-c3ccccc3)c2C)sc1C(=O)NC1CCCC1. The van der Waals surface area contributed by atoms with Crippen LogP contribution in [-0.2, 0) is 0 Å². The third-order valence-corrected chi connectivity index (χ3v) is 5.95. The number of nitrogens with zero attached hydrogens (tertiary/aromatic N) is 4. The van der Waals surface area contributed by atoms with Crippen molar-refractivity contribution in [3.05, 3.63) is 46.6 Å². The Kier molecular flexibility index (Phi) is 4.55. The van der Waals surface area contributed by atoms with Crippen molar-refractivity contribution in [2.45, 2.75) is 45.6 Å². The van der Waals surface area contributed by atoms with Crippen LogP contribution in [0.5, 0.6) is 0 Å². The second-order valence-electron chi connectivity index (χ2n) is 6.66. The molecule has 26 heavy (non-hydrogen) atoms. The molecule has 0 bridgehead atoms. The molecule has 0 unspecified atom stereocenters. The summed E-state index contributed by atoms with van der Waals surface area (Å²) in [7, 11) is 0. The molecule has 2 aromatic heterocycles. The Labute approximate surface area is 156 Å². The normalized spacial score (nSPS) is 14.7. The summed E-state index contributed by atoms with van der Waals surface area (Å²) in [6.07, 6.45) is 4.53. The largest absolute Gasteiger partial charge is 0.349 e. The van der Waals surface area contributed by atoms with E-state index >= 15 is 0 Å². The Bertz CT molecular complexity index is 925. The van der Waals surface area contributed by atoms with E-state index < -0.39 is 0 Å². The molecule has 1 amide bonds. The molecule has 1 aliphatic rings. The van der Waals surface area contributed by atoms with E-state index in [1.807, 2.05) is 44.2 Å². The topological polar surface area (TPSA) is 72.7 Å². The van der Waals surface area contributed by atoms with Gasteiger partial charge in [-0.25, -0.2) is 9.67 Å². The average Bonchev–Trinajstić information content (AvgIpc) is 3.36. The molecule has 0 spiro atoms. The van der Waals surface area contributed by atoms with E-state index in [0.717, 1.165) is 40.6 Å². The van der Waals surface area contributed by atoms with Crippen LogP contribution in [0.3, 0.4) is 0 Å². The van der Waals surface area contributed by atoms with E-state index in [1.54, 1.807) is 4.68 Å². The monoisotopic (exact) mass is 367 g/mol. The van der Waals surface area contributed by atoms with Gasteiger partial charge in [-0.05, 0) is 38.8 Å². The smallest absolute Gasteiger partial charge is 0.263 e. The van der Waals surface area contributed by atoms with Crippen LogP contribution in [0.4, 0.5) is 0 Å². The van der Waals surface area contributed by atoms with E-state index in [1.165, 1.54) is 24.2 Å². The lowest BCUT2D eigenvalue weighted by molar-refractivity contribution is 0.0941. The zero-order valence-corrected chi connectivity index (χ0v) is 15.7. The molecule has 1 N–H and O–H groups in total.